The van der Waals surface area contributed by atoms with Crippen LogP contribution < -0.4 is 9.64 Å². The smallest absolute Gasteiger partial charge is 0.147 e. The third-order valence-electron chi connectivity index (χ3n) is 16.7. The van der Waals surface area contributed by atoms with Crippen LogP contribution in [0.1, 0.15) is 105 Å². The molecule has 0 spiro atoms. The van der Waals surface area contributed by atoms with Gasteiger partial charge in [-0.1, -0.05) is 210 Å². The lowest BCUT2D eigenvalue weighted by Gasteiger charge is -2.27. The molecule has 6 heteroatoms. The number of ether oxygens (including phenoxy) is 1. The van der Waals surface area contributed by atoms with Crippen molar-refractivity contribution >= 4 is 76.5 Å². The topological polar surface area (TPSA) is 48.1 Å². The van der Waals surface area contributed by atoms with Crippen molar-refractivity contribution in [2.75, 3.05) is 4.90 Å². The molecule has 0 bridgehead atoms. The Hall–Kier alpha value is -8.74. The highest BCUT2D eigenvalue weighted by Gasteiger charge is 2.28. The zero-order chi connectivity index (χ0) is 56.3. The maximum absolute atomic E-state index is 6.91. The van der Waals surface area contributed by atoms with E-state index in [4.69, 9.17) is 14.7 Å². The van der Waals surface area contributed by atoms with Gasteiger partial charge in [-0.25, -0.2) is 4.98 Å². The number of pyridine rings is 2. The minimum atomic E-state index is -0.127. The Balaban J connectivity index is 1.01. The van der Waals surface area contributed by atoms with E-state index in [9.17, 15) is 0 Å². The van der Waals surface area contributed by atoms with E-state index in [2.05, 4.69) is 279 Å². The average Bonchev–Trinajstić information content (AvgIpc) is 4.25. The second-order valence-electron chi connectivity index (χ2n) is 26.5. The predicted molar refractivity (Wildman–Crippen MR) is 343 cm³/mol. The molecule has 0 aliphatic carbocycles. The Morgan fingerprint density at radius 1 is 0.395 bits per heavy atom. The van der Waals surface area contributed by atoms with E-state index in [1.54, 1.807) is 0 Å². The van der Waals surface area contributed by atoms with E-state index in [-0.39, 0.29) is 21.7 Å². The molecule has 12 aromatic rings. The van der Waals surface area contributed by atoms with Gasteiger partial charge in [-0.15, -0.1) is 0 Å². The third kappa shape index (κ3) is 9.15. The standard InChI is InChI=1S/C75H71N5O/c1-72(2,3)50-33-34-77-69(41-50)80-66-29-18-17-25-62(66)63-32-31-55(43-68(63)80)81-56-42-54(44-76-45-56)78-46-79-70-57(49-35-47(36-51(39-49)73(4,5)6)48-37-52(74(7,8)9)40-53(38-48)75(10,11)12)26-19-27-64(70)60-23-15-13-21-58(60)59-22-14-16-24-61(59)65-28-20-30-67(78)71(65)79/h13-45H,46H2,1-12H3. The van der Waals surface area contributed by atoms with Crippen molar-refractivity contribution in [2.45, 2.75) is 111 Å². The molecule has 5 heterocycles. The molecule has 4 aromatic heterocycles. The zero-order valence-corrected chi connectivity index (χ0v) is 48.9. The molecule has 0 saturated carbocycles. The lowest BCUT2D eigenvalue weighted by Crippen LogP contribution is -2.16. The quantitative estimate of drug-likeness (QED) is 0.166. The van der Waals surface area contributed by atoms with E-state index >= 15 is 0 Å². The zero-order valence-electron chi connectivity index (χ0n) is 48.9. The number of hydrogen-bond acceptors (Lipinski definition) is 4. The van der Waals surface area contributed by atoms with Crippen LogP contribution in [0.5, 0.6) is 11.5 Å². The van der Waals surface area contributed by atoms with E-state index < -0.39 is 0 Å². The number of rotatable bonds is 6. The number of para-hydroxylation sites is 3. The Labute approximate surface area is 476 Å². The fourth-order valence-corrected chi connectivity index (χ4v) is 12.2. The maximum Gasteiger partial charge on any atom is 0.147 e. The van der Waals surface area contributed by atoms with E-state index in [1.807, 2.05) is 18.6 Å². The summed E-state index contributed by atoms with van der Waals surface area (Å²) in [6.45, 7) is 28.2. The van der Waals surface area contributed by atoms with Gasteiger partial charge in [0, 0.05) is 45.4 Å². The molecule has 1 aliphatic heterocycles. The average molecular weight is 1060 g/mol. The number of anilines is 2. The third-order valence-corrected chi connectivity index (χ3v) is 16.7. The van der Waals surface area contributed by atoms with Crippen LogP contribution in [0.25, 0.3) is 93.2 Å². The summed E-state index contributed by atoms with van der Waals surface area (Å²) in [7, 11) is 0. The largest absolute Gasteiger partial charge is 0.456 e. The summed E-state index contributed by atoms with van der Waals surface area (Å²) in [6.07, 6.45) is 5.72. The first-order valence-electron chi connectivity index (χ1n) is 28.6. The SMILES string of the molecule is CC(C)(C)c1cc(-c2cc(C(C)(C)C)cc(C(C)(C)C)c2)cc(-c2cccc3c4ccccc4c4ccccc4c4cccc5c4n(c23)CN5c2cncc(Oc3ccc4c5ccccc5n(-c5cc(C(C)(C)C)ccn5)c4c3)c2)c1. The van der Waals surface area contributed by atoms with Crippen LogP contribution >= 0.6 is 0 Å². The van der Waals surface area contributed by atoms with E-state index in [0.29, 0.717) is 12.4 Å². The highest BCUT2D eigenvalue weighted by atomic mass is 16.5. The van der Waals surface area contributed by atoms with Gasteiger partial charge in [0.25, 0.3) is 0 Å². The molecule has 0 saturated heterocycles. The Bertz CT molecular complexity index is 4550. The highest BCUT2D eigenvalue weighted by Crippen LogP contribution is 2.47. The van der Waals surface area contributed by atoms with Gasteiger partial charge in [-0.05, 0) is 125 Å². The normalized spacial score (nSPS) is 13.1. The molecule has 8 aromatic carbocycles. The van der Waals surface area contributed by atoms with Gasteiger partial charge in [0.05, 0.1) is 45.8 Å². The lowest BCUT2D eigenvalue weighted by molar-refractivity contribution is 0.481. The number of fused-ring (bicyclic) bond motifs is 10. The Morgan fingerprint density at radius 3 is 1.57 bits per heavy atom. The minimum absolute atomic E-state index is 0.0265. The van der Waals surface area contributed by atoms with Gasteiger partial charge in [-0.2, -0.15) is 0 Å². The first-order chi connectivity index (χ1) is 38.7. The summed E-state index contributed by atoms with van der Waals surface area (Å²) in [4.78, 5) is 12.3. The molecule has 6 nitrogen and oxygen atoms in total. The van der Waals surface area contributed by atoms with Crippen LogP contribution in [0.3, 0.4) is 0 Å². The molecule has 13 rings (SSSR count). The van der Waals surface area contributed by atoms with Crippen molar-refractivity contribution in [3.8, 4) is 39.6 Å². The van der Waals surface area contributed by atoms with Crippen molar-refractivity contribution in [1.29, 1.82) is 0 Å². The molecule has 81 heavy (non-hydrogen) atoms. The van der Waals surface area contributed by atoms with Crippen molar-refractivity contribution in [2.24, 2.45) is 0 Å². The molecule has 0 N–H and O–H groups in total. The highest BCUT2D eigenvalue weighted by molar-refractivity contribution is 6.22. The van der Waals surface area contributed by atoms with Crippen molar-refractivity contribution < 1.29 is 4.74 Å². The van der Waals surface area contributed by atoms with Crippen molar-refractivity contribution in [1.82, 2.24) is 19.1 Å². The van der Waals surface area contributed by atoms with Gasteiger partial charge >= 0.3 is 0 Å². The first-order valence-corrected chi connectivity index (χ1v) is 28.6. The summed E-state index contributed by atoms with van der Waals surface area (Å²) < 4.78 is 11.8. The predicted octanol–water partition coefficient (Wildman–Crippen LogP) is 20.5. The number of benzene rings is 8. The monoisotopic (exact) mass is 1060 g/mol. The molecular formula is C75H71N5O. The Morgan fingerprint density at radius 2 is 0.926 bits per heavy atom. The van der Waals surface area contributed by atoms with Crippen molar-refractivity contribution in [3.63, 3.8) is 0 Å². The second-order valence-corrected chi connectivity index (χ2v) is 26.5. The summed E-state index contributed by atoms with van der Waals surface area (Å²) in [5.41, 5.74) is 16.3. The molecule has 402 valence electrons. The van der Waals surface area contributed by atoms with Crippen LogP contribution in [-0.2, 0) is 28.3 Å². The maximum atomic E-state index is 6.91. The van der Waals surface area contributed by atoms with E-state index in [0.717, 1.165) is 50.4 Å². The van der Waals surface area contributed by atoms with Gasteiger partial charge in [0.2, 0.25) is 0 Å². The summed E-state index contributed by atoms with van der Waals surface area (Å²) in [5, 5.41) is 9.46. The van der Waals surface area contributed by atoms with Crippen molar-refractivity contribution in [3.05, 3.63) is 223 Å². The van der Waals surface area contributed by atoms with Gasteiger partial charge in [0.15, 0.2) is 0 Å². The molecule has 0 atom stereocenters. The number of hydrogen-bond donors (Lipinski definition) is 0. The van der Waals surface area contributed by atoms with Gasteiger partial charge in [-0.3, -0.25) is 9.55 Å². The fraction of sp³-hybridized carbons (Fsp3) is 0.227. The minimum Gasteiger partial charge on any atom is -0.456 e. The summed E-state index contributed by atoms with van der Waals surface area (Å²) >= 11 is 0. The fourth-order valence-electron chi connectivity index (χ4n) is 12.2. The van der Waals surface area contributed by atoms with Gasteiger partial charge < -0.3 is 14.2 Å². The van der Waals surface area contributed by atoms with Crippen LogP contribution in [0.15, 0.2) is 201 Å². The molecular weight excluding hydrogens is 987 g/mol. The number of nitrogens with zero attached hydrogens (tertiary/aromatic N) is 5. The molecule has 0 amide bonds. The second kappa shape index (κ2) is 18.9. The molecule has 1 aliphatic rings. The number of aromatic nitrogens is 4. The van der Waals surface area contributed by atoms with E-state index in [1.165, 1.54) is 82.2 Å². The summed E-state index contributed by atoms with van der Waals surface area (Å²) in [6, 6.07) is 67.7. The lowest BCUT2D eigenvalue weighted by atomic mass is 9.78. The Kier molecular flexibility index (Phi) is 12.1. The molecule has 0 radical (unpaired) electrons. The van der Waals surface area contributed by atoms with Crippen LogP contribution in [0.2, 0.25) is 0 Å². The van der Waals surface area contributed by atoms with Crippen LogP contribution in [-0.4, -0.2) is 19.1 Å². The van der Waals surface area contributed by atoms with Crippen LogP contribution in [0.4, 0.5) is 11.4 Å². The van der Waals surface area contributed by atoms with Crippen LogP contribution in [0, 0.1) is 0 Å². The van der Waals surface area contributed by atoms with Gasteiger partial charge in [0.1, 0.15) is 24.0 Å². The molecule has 0 unspecified atom stereocenters. The molecule has 0 fully saturated rings. The summed E-state index contributed by atoms with van der Waals surface area (Å²) in [5.74, 6) is 2.25. The first kappa shape index (κ1) is 51.7.